The summed E-state index contributed by atoms with van der Waals surface area (Å²) in [5.41, 5.74) is -1.84. The van der Waals surface area contributed by atoms with Gasteiger partial charge in [-0.2, -0.15) is 37.9 Å². The summed E-state index contributed by atoms with van der Waals surface area (Å²) >= 11 is 12.4. The monoisotopic (exact) mass is 337 g/mol. The molecule has 6 nitrogen and oxygen atoms in total. The van der Waals surface area contributed by atoms with Crippen molar-refractivity contribution >= 4 is 37.9 Å². The summed E-state index contributed by atoms with van der Waals surface area (Å²) in [6, 6.07) is 0. The van der Waals surface area contributed by atoms with Gasteiger partial charge in [0.1, 0.15) is 0 Å². The molecule has 20 heavy (non-hydrogen) atoms. The molecule has 1 aromatic heterocycles. The van der Waals surface area contributed by atoms with E-state index < -0.39 is 17.1 Å². The molecule has 2 atom stereocenters. The average Bonchev–Trinajstić information content (AvgIpc) is 2.35. The Morgan fingerprint density at radius 2 is 1.20 bits per heavy atom. The number of hydrogen-bond donors (Lipinski definition) is 3. The minimum Gasteiger partial charge on any atom is -0.247 e. The van der Waals surface area contributed by atoms with Gasteiger partial charge < -0.3 is 0 Å². The third-order valence-corrected chi connectivity index (χ3v) is 3.13. The summed E-state index contributed by atoms with van der Waals surface area (Å²) in [5.74, 6) is 0.334. The maximum atomic E-state index is 12.3. The number of hydrogen-bond acceptors (Lipinski definition) is 6. The SMILES string of the molecule is CC(S)Cn1c(=O)n(CCS)c(=O)n(CC(C)S)c1=O. The summed E-state index contributed by atoms with van der Waals surface area (Å²) in [7, 11) is 0. The van der Waals surface area contributed by atoms with Crippen LogP contribution in [0.3, 0.4) is 0 Å². The Balaban J connectivity index is 3.60. The minimum atomic E-state index is -0.614. The Morgan fingerprint density at radius 1 is 0.850 bits per heavy atom. The molecule has 1 heterocycles. The minimum absolute atomic E-state index is 0.147. The van der Waals surface area contributed by atoms with E-state index >= 15 is 0 Å². The fraction of sp³-hybridized carbons (Fsp3) is 0.727. The highest BCUT2D eigenvalue weighted by atomic mass is 32.1. The second-order valence-corrected chi connectivity index (χ2v) is 6.85. The van der Waals surface area contributed by atoms with E-state index in [0.29, 0.717) is 5.75 Å². The number of aromatic nitrogens is 3. The average molecular weight is 337 g/mol. The molecule has 0 aliphatic rings. The topological polar surface area (TPSA) is 66.0 Å². The van der Waals surface area contributed by atoms with Crippen molar-refractivity contribution in [2.45, 2.75) is 44.0 Å². The van der Waals surface area contributed by atoms with Crippen molar-refractivity contribution in [2.75, 3.05) is 5.75 Å². The van der Waals surface area contributed by atoms with Crippen LogP contribution in [0.15, 0.2) is 14.4 Å². The zero-order valence-electron chi connectivity index (χ0n) is 11.4. The van der Waals surface area contributed by atoms with E-state index in [1.54, 1.807) is 13.8 Å². The van der Waals surface area contributed by atoms with Gasteiger partial charge in [-0.15, -0.1) is 0 Å². The fourth-order valence-corrected chi connectivity index (χ4v) is 2.34. The van der Waals surface area contributed by atoms with Gasteiger partial charge >= 0.3 is 17.1 Å². The van der Waals surface area contributed by atoms with Crippen LogP contribution in [0.25, 0.3) is 0 Å². The van der Waals surface area contributed by atoms with E-state index in [1.165, 1.54) is 0 Å². The van der Waals surface area contributed by atoms with Gasteiger partial charge in [-0.05, 0) is 0 Å². The first-order valence-corrected chi connectivity index (χ1v) is 7.87. The molecule has 0 saturated heterocycles. The molecule has 0 amide bonds. The zero-order chi connectivity index (χ0) is 15.4. The van der Waals surface area contributed by atoms with E-state index in [1.807, 2.05) is 0 Å². The molecule has 9 heteroatoms. The number of thiol groups is 3. The van der Waals surface area contributed by atoms with Gasteiger partial charge in [0.05, 0.1) is 0 Å². The third kappa shape index (κ3) is 3.98. The van der Waals surface area contributed by atoms with E-state index in [9.17, 15) is 14.4 Å². The molecule has 0 saturated carbocycles. The van der Waals surface area contributed by atoms with Gasteiger partial charge in [-0.25, -0.2) is 28.1 Å². The predicted molar refractivity (Wildman–Crippen MR) is 90.0 cm³/mol. The van der Waals surface area contributed by atoms with E-state index in [0.717, 1.165) is 13.7 Å². The largest absolute Gasteiger partial charge is 0.336 e. The number of rotatable bonds is 6. The van der Waals surface area contributed by atoms with Gasteiger partial charge in [-0.1, -0.05) is 13.8 Å². The summed E-state index contributed by atoms with van der Waals surface area (Å²) in [5, 5.41) is -0.353. The van der Waals surface area contributed by atoms with Gasteiger partial charge in [-0.3, -0.25) is 0 Å². The van der Waals surface area contributed by atoms with Crippen molar-refractivity contribution in [2.24, 2.45) is 0 Å². The van der Waals surface area contributed by atoms with Gasteiger partial charge in [0.25, 0.3) is 0 Å². The van der Waals surface area contributed by atoms with Crippen molar-refractivity contribution in [3.63, 3.8) is 0 Å². The Labute approximate surface area is 133 Å². The maximum Gasteiger partial charge on any atom is 0.336 e. The van der Waals surface area contributed by atoms with Crippen LogP contribution in [0.1, 0.15) is 13.8 Å². The van der Waals surface area contributed by atoms with Crippen LogP contribution >= 0.6 is 37.9 Å². The second kappa shape index (κ2) is 7.46. The molecule has 0 N–H and O–H groups in total. The number of nitrogens with zero attached hydrogens (tertiary/aromatic N) is 3. The summed E-state index contributed by atoms with van der Waals surface area (Å²) < 4.78 is 3.11. The van der Waals surface area contributed by atoms with Crippen LogP contribution in [0.4, 0.5) is 0 Å². The zero-order valence-corrected chi connectivity index (χ0v) is 14.1. The Kier molecular flexibility index (Phi) is 6.53. The Bertz CT molecular complexity index is 582. The van der Waals surface area contributed by atoms with E-state index in [4.69, 9.17) is 0 Å². The predicted octanol–water partition coefficient (Wildman–Crippen LogP) is -0.262. The molecule has 0 spiro atoms. The van der Waals surface area contributed by atoms with Crippen molar-refractivity contribution < 1.29 is 0 Å². The van der Waals surface area contributed by atoms with Crippen molar-refractivity contribution in [1.82, 2.24) is 13.7 Å². The lowest BCUT2D eigenvalue weighted by Gasteiger charge is -2.15. The maximum absolute atomic E-state index is 12.3. The van der Waals surface area contributed by atoms with Crippen molar-refractivity contribution in [1.29, 1.82) is 0 Å². The normalized spacial score (nSPS) is 14.2. The fourth-order valence-electron chi connectivity index (χ4n) is 1.81. The quantitative estimate of drug-likeness (QED) is 0.627. The molecule has 1 rings (SSSR count). The smallest absolute Gasteiger partial charge is 0.247 e. The highest BCUT2D eigenvalue weighted by Crippen LogP contribution is 1.95. The first-order chi connectivity index (χ1) is 9.29. The van der Waals surface area contributed by atoms with Crippen LogP contribution < -0.4 is 17.1 Å². The van der Waals surface area contributed by atoms with E-state index in [-0.39, 0.29) is 30.1 Å². The molecule has 0 aliphatic carbocycles. The van der Waals surface area contributed by atoms with Crippen LogP contribution in [-0.2, 0) is 19.6 Å². The van der Waals surface area contributed by atoms with Gasteiger partial charge in [0.15, 0.2) is 0 Å². The molecular formula is C11H19N3O3S3. The molecule has 114 valence electrons. The molecule has 0 bridgehead atoms. The lowest BCUT2D eigenvalue weighted by Crippen LogP contribution is -2.55. The highest BCUT2D eigenvalue weighted by Gasteiger charge is 2.16. The molecule has 0 aliphatic heterocycles. The van der Waals surface area contributed by atoms with Crippen LogP contribution in [0.2, 0.25) is 0 Å². The summed E-state index contributed by atoms with van der Waals surface area (Å²) in [6.07, 6.45) is 0. The van der Waals surface area contributed by atoms with E-state index in [2.05, 4.69) is 37.9 Å². The molecule has 0 aromatic carbocycles. The second-order valence-electron chi connectivity index (χ2n) is 4.64. The first-order valence-electron chi connectivity index (χ1n) is 6.21. The van der Waals surface area contributed by atoms with Gasteiger partial charge in [0, 0.05) is 35.9 Å². The Hall–Kier alpha value is -0.540. The first kappa shape index (κ1) is 17.5. The standard InChI is InChI=1S/C11H19N3O3S3/c1-7(19)5-13-9(15)12(3-4-18)10(16)14(11(13)17)6-8(2)20/h7-8,18-20H,3-6H2,1-2H3. The van der Waals surface area contributed by atoms with Crippen LogP contribution in [-0.4, -0.2) is 30.0 Å². The van der Waals surface area contributed by atoms with Gasteiger partial charge in [0.2, 0.25) is 0 Å². The molecule has 2 unspecified atom stereocenters. The summed E-state index contributed by atoms with van der Waals surface area (Å²) in [6.45, 7) is 4.00. The Morgan fingerprint density at radius 3 is 1.50 bits per heavy atom. The van der Waals surface area contributed by atoms with Crippen molar-refractivity contribution in [3.8, 4) is 0 Å². The van der Waals surface area contributed by atoms with Crippen molar-refractivity contribution in [3.05, 3.63) is 31.5 Å². The third-order valence-electron chi connectivity index (χ3n) is 2.60. The molecule has 0 radical (unpaired) electrons. The lowest BCUT2D eigenvalue weighted by atomic mass is 10.4. The summed E-state index contributed by atoms with van der Waals surface area (Å²) in [4.78, 5) is 36.7. The van der Waals surface area contributed by atoms with Crippen LogP contribution in [0.5, 0.6) is 0 Å². The molecule has 1 aromatic rings. The molecule has 0 fully saturated rings. The molecular weight excluding hydrogens is 318 g/mol. The lowest BCUT2D eigenvalue weighted by molar-refractivity contribution is 0.455. The highest BCUT2D eigenvalue weighted by molar-refractivity contribution is 7.81. The van der Waals surface area contributed by atoms with Crippen LogP contribution in [0, 0.1) is 0 Å².